The monoisotopic (exact) mass is 431 g/mol. The predicted octanol–water partition coefficient (Wildman–Crippen LogP) is 3.68. The van der Waals surface area contributed by atoms with E-state index in [2.05, 4.69) is 15.1 Å². The summed E-state index contributed by atoms with van der Waals surface area (Å²) in [5.74, 6) is 1.42. The van der Waals surface area contributed by atoms with Gasteiger partial charge in [0, 0.05) is 43.8 Å². The highest BCUT2D eigenvalue weighted by molar-refractivity contribution is 6.31. The zero-order chi connectivity index (χ0) is 21.5. The van der Waals surface area contributed by atoms with Crippen LogP contribution in [0.25, 0.3) is 0 Å². The molecule has 0 bridgehead atoms. The van der Waals surface area contributed by atoms with Crippen LogP contribution in [-0.4, -0.2) is 68.2 Å². The first-order valence-electron chi connectivity index (χ1n) is 10.3. The molecule has 2 aromatic rings. The maximum atomic E-state index is 12.8. The number of aryl methyl sites for hydroxylation is 1. The van der Waals surface area contributed by atoms with Crippen molar-refractivity contribution in [2.75, 3.05) is 51.8 Å². The molecule has 6 nitrogen and oxygen atoms in total. The van der Waals surface area contributed by atoms with Gasteiger partial charge in [-0.25, -0.2) is 0 Å². The lowest BCUT2D eigenvalue weighted by molar-refractivity contribution is -0.121. The van der Waals surface area contributed by atoms with Gasteiger partial charge in [0.1, 0.15) is 18.1 Å². The molecule has 1 atom stereocenters. The molecule has 1 aliphatic heterocycles. The summed E-state index contributed by atoms with van der Waals surface area (Å²) in [6, 6.07) is 13.2. The van der Waals surface area contributed by atoms with Gasteiger partial charge in [0.15, 0.2) is 0 Å². The van der Waals surface area contributed by atoms with Gasteiger partial charge < -0.3 is 14.8 Å². The quantitative estimate of drug-likeness (QED) is 0.691. The summed E-state index contributed by atoms with van der Waals surface area (Å²) in [7, 11) is 1.57. The molecule has 7 heteroatoms. The van der Waals surface area contributed by atoms with Crippen LogP contribution in [0, 0.1) is 6.92 Å². The number of amides is 1. The van der Waals surface area contributed by atoms with Crippen LogP contribution in [0.1, 0.15) is 12.5 Å². The molecule has 1 aliphatic rings. The van der Waals surface area contributed by atoms with E-state index in [0.717, 1.165) is 44.0 Å². The third kappa shape index (κ3) is 5.88. The molecule has 1 saturated heterocycles. The fraction of sp³-hybridized carbons (Fsp3) is 0.435. The van der Waals surface area contributed by atoms with Crippen LogP contribution in [0.3, 0.4) is 0 Å². The summed E-state index contributed by atoms with van der Waals surface area (Å²) >= 11 is 6.16. The second-order valence-electron chi connectivity index (χ2n) is 7.51. The highest BCUT2D eigenvalue weighted by atomic mass is 35.5. The van der Waals surface area contributed by atoms with Crippen molar-refractivity contribution < 1.29 is 14.3 Å². The molecule has 1 fully saturated rings. The van der Waals surface area contributed by atoms with Crippen molar-refractivity contribution in [3.63, 3.8) is 0 Å². The molecule has 2 aromatic carbocycles. The molecular weight excluding hydrogens is 402 g/mol. The highest BCUT2D eigenvalue weighted by Gasteiger charge is 2.26. The smallest absolute Gasteiger partial charge is 0.241 e. The Labute approximate surface area is 183 Å². The third-order valence-electron chi connectivity index (χ3n) is 5.49. The summed E-state index contributed by atoms with van der Waals surface area (Å²) in [4.78, 5) is 17.4. The van der Waals surface area contributed by atoms with Gasteiger partial charge in [-0.15, -0.1) is 0 Å². The number of hydrogen-bond acceptors (Lipinski definition) is 5. The van der Waals surface area contributed by atoms with E-state index in [-0.39, 0.29) is 11.9 Å². The summed E-state index contributed by atoms with van der Waals surface area (Å²) in [6.45, 7) is 8.91. The lowest BCUT2D eigenvalue weighted by Crippen LogP contribution is -2.53. The molecule has 0 aromatic heterocycles. The highest BCUT2D eigenvalue weighted by Crippen LogP contribution is 2.31. The number of benzene rings is 2. The summed E-state index contributed by atoms with van der Waals surface area (Å²) < 4.78 is 11.1. The zero-order valence-electron chi connectivity index (χ0n) is 17.9. The Morgan fingerprint density at radius 3 is 2.53 bits per heavy atom. The number of para-hydroxylation sites is 1. The van der Waals surface area contributed by atoms with Crippen molar-refractivity contribution in [3.8, 4) is 11.5 Å². The van der Waals surface area contributed by atoms with Crippen molar-refractivity contribution in [1.82, 2.24) is 9.80 Å². The molecule has 3 rings (SSSR count). The van der Waals surface area contributed by atoms with E-state index in [1.165, 1.54) is 0 Å². The van der Waals surface area contributed by atoms with Crippen LogP contribution < -0.4 is 14.8 Å². The van der Waals surface area contributed by atoms with Crippen molar-refractivity contribution in [2.45, 2.75) is 19.9 Å². The average molecular weight is 432 g/mol. The molecule has 1 unspecified atom stereocenters. The number of halogens is 1. The number of piperazine rings is 1. The van der Waals surface area contributed by atoms with E-state index < -0.39 is 0 Å². The third-order valence-corrected chi connectivity index (χ3v) is 5.90. The van der Waals surface area contributed by atoms with E-state index in [0.29, 0.717) is 23.1 Å². The molecule has 0 spiro atoms. The second kappa shape index (κ2) is 10.7. The number of carbonyl (C=O) groups is 1. The van der Waals surface area contributed by atoms with Gasteiger partial charge >= 0.3 is 0 Å². The van der Waals surface area contributed by atoms with Gasteiger partial charge in [0.05, 0.1) is 18.8 Å². The van der Waals surface area contributed by atoms with Crippen LogP contribution in [0.5, 0.6) is 11.5 Å². The fourth-order valence-corrected chi connectivity index (χ4v) is 3.67. The summed E-state index contributed by atoms with van der Waals surface area (Å²) in [5, 5.41) is 3.61. The molecule has 0 saturated carbocycles. The standard InChI is InChI=1S/C23H30ClN3O3/c1-17-15-21(22(29-3)16-20(17)24)25-23(28)18(2)27-11-9-26(10-12-27)13-14-30-19-7-5-4-6-8-19/h4-8,15-16,18H,9-14H2,1-3H3,(H,25,28). The molecule has 1 heterocycles. The van der Waals surface area contributed by atoms with E-state index in [1.807, 2.05) is 50.2 Å². The van der Waals surface area contributed by atoms with Crippen molar-refractivity contribution in [2.24, 2.45) is 0 Å². The number of nitrogens with zero attached hydrogens (tertiary/aromatic N) is 2. The minimum Gasteiger partial charge on any atom is -0.495 e. The minimum absolute atomic E-state index is 0.0455. The Kier molecular flexibility index (Phi) is 7.96. The van der Waals surface area contributed by atoms with E-state index in [1.54, 1.807) is 13.2 Å². The van der Waals surface area contributed by atoms with Gasteiger partial charge in [-0.2, -0.15) is 0 Å². The first kappa shape index (κ1) is 22.4. The first-order valence-corrected chi connectivity index (χ1v) is 10.6. The Hall–Kier alpha value is -2.28. The number of hydrogen-bond donors (Lipinski definition) is 1. The average Bonchev–Trinajstić information content (AvgIpc) is 2.76. The van der Waals surface area contributed by atoms with Crippen molar-refractivity contribution in [1.29, 1.82) is 0 Å². The van der Waals surface area contributed by atoms with Crippen LogP contribution in [0.4, 0.5) is 5.69 Å². The SMILES string of the molecule is COc1cc(Cl)c(C)cc1NC(=O)C(C)N1CCN(CCOc2ccccc2)CC1. The first-order chi connectivity index (χ1) is 14.5. The fourth-order valence-electron chi connectivity index (χ4n) is 3.52. The number of nitrogens with one attached hydrogen (secondary N) is 1. The second-order valence-corrected chi connectivity index (χ2v) is 7.91. The number of ether oxygens (including phenoxy) is 2. The molecule has 1 amide bonds. The van der Waals surface area contributed by atoms with Gasteiger partial charge in [-0.1, -0.05) is 29.8 Å². The van der Waals surface area contributed by atoms with Crippen LogP contribution in [0.2, 0.25) is 5.02 Å². The van der Waals surface area contributed by atoms with Crippen molar-refractivity contribution in [3.05, 3.63) is 53.1 Å². The summed E-state index contributed by atoms with van der Waals surface area (Å²) in [5.41, 5.74) is 1.54. The maximum Gasteiger partial charge on any atom is 0.241 e. The summed E-state index contributed by atoms with van der Waals surface area (Å²) in [6.07, 6.45) is 0. The van der Waals surface area contributed by atoms with Crippen molar-refractivity contribution >= 4 is 23.2 Å². The lowest BCUT2D eigenvalue weighted by Gasteiger charge is -2.37. The number of carbonyl (C=O) groups excluding carboxylic acids is 1. The largest absolute Gasteiger partial charge is 0.495 e. The molecular formula is C23H30ClN3O3. The topological polar surface area (TPSA) is 54.0 Å². The van der Waals surface area contributed by atoms with Gasteiger partial charge in [-0.3, -0.25) is 14.6 Å². The minimum atomic E-state index is -0.228. The van der Waals surface area contributed by atoms with Crippen LogP contribution >= 0.6 is 11.6 Å². The van der Waals surface area contributed by atoms with Gasteiger partial charge in [0.2, 0.25) is 5.91 Å². The molecule has 0 aliphatic carbocycles. The number of rotatable bonds is 8. The Balaban J connectivity index is 1.46. The van der Waals surface area contributed by atoms with E-state index in [9.17, 15) is 4.79 Å². The number of anilines is 1. The van der Waals surface area contributed by atoms with Gasteiger partial charge in [0.25, 0.3) is 0 Å². The zero-order valence-corrected chi connectivity index (χ0v) is 18.6. The van der Waals surface area contributed by atoms with Crippen LogP contribution in [-0.2, 0) is 4.79 Å². The molecule has 162 valence electrons. The normalized spacial score (nSPS) is 16.1. The molecule has 0 radical (unpaired) electrons. The Morgan fingerprint density at radius 2 is 1.87 bits per heavy atom. The molecule has 1 N–H and O–H groups in total. The Morgan fingerprint density at radius 1 is 1.17 bits per heavy atom. The number of methoxy groups -OCH3 is 1. The van der Waals surface area contributed by atoms with Crippen LogP contribution in [0.15, 0.2) is 42.5 Å². The Bertz CT molecular complexity index is 839. The maximum absolute atomic E-state index is 12.8. The van der Waals surface area contributed by atoms with E-state index >= 15 is 0 Å². The predicted molar refractivity (Wildman–Crippen MR) is 121 cm³/mol. The van der Waals surface area contributed by atoms with E-state index in [4.69, 9.17) is 21.1 Å². The lowest BCUT2D eigenvalue weighted by atomic mass is 10.1. The van der Waals surface area contributed by atoms with Gasteiger partial charge in [-0.05, 0) is 37.6 Å². The molecule has 30 heavy (non-hydrogen) atoms.